The summed E-state index contributed by atoms with van der Waals surface area (Å²) in [5.74, 6) is 0.577. The number of rotatable bonds is 10. The van der Waals surface area contributed by atoms with Gasteiger partial charge in [0.1, 0.15) is 22.7 Å². The van der Waals surface area contributed by atoms with Crippen LogP contribution in [0.25, 0.3) is 22.4 Å². The quantitative estimate of drug-likeness (QED) is 0.158. The van der Waals surface area contributed by atoms with Crippen molar-refractivity contribution in [2.45, 2.75) is 29.0 Å². The van der Waals surface area contributed by atoms with Gasteiger partial charge in [-0.05, 0) is 86.1 Å². The minimum absolute atomic E-state index is 0.0235. The van der Waals surface area contributed by atoms with E-state index in [4.69, 9.17) is 9.72 Å². The van der Waals surface area contributed by atoms with Crippen LogP contribution in [0.1, 0.15) is 18.1 Å². The SMILES string of the molecule is COc1ccc(-c2cc(-c3ccc(C)cc3)c(C#N)c(SC(C)C(=O)Nc3ccc(S(=O)(=O)Nc4ccccn4)cc3)n2)cc1. The number of ether oxygens (including phenoxy) is 1. The number of methoxy groups -OCH3 is 1. The van der Waals surface area contributed by atoms with E-state index >= 15 is 0 Å². The van der Waals surface area contributed by atoms with Crippen LogP contribution in [0, 0.1) is 18.3 Å². The maximum atomic E-state index is 13.3. The number of thioether (sulfide) groups is 1. The first-order valence-corrected chi connectivity index (χ1v) is 16.2. The number of nitriles is 1. The first kappa shape index (κ1) is 31.3. The summed E-state index contributed by atoms with van der Waals surface area (Å²) in [6, 6.07) is 30.3. The molecule has 0 aliphatic heterocycles. The van der Waals surface area contributed by atoms with Gasteiger partial charge in [0, 0.05) is 23.0 Å². The van der Waals surface area contributed by atoms with Crippen molar-refractivity contribution in [2.75, 3.05) is 17.1 Å². The first-order chi connectivity index (χ1) is 21.7. The van der Waals surface area contributed by atoms with Crippen LogP contribution in [0.5, 0.6) is 5.75 Å². The Morgan fingerprint density at radius 2 is 1.64 bits per heavy atom. The van der Waals surface area contributed by atoms with Crippen molar-refractivity contribution in [3.63, 3.8) is 0 Å². The van der Waals surface area contributed by atoms with Gasteiger partial charge in [0.05, 0.1) is 28.5 Å². The lowest BCUT2D eigenvalue weighted by Crippen LogP contribution is -2.22. The molecule has 226 valence electrons. The number of carbonyl (C=O) groups is 1. The molecule has 0 bridgehead atoms. The highest BCUT2D eigenvalue weighted by Crippen LogP contribution is 2.36. The molecular weight excluding hydrogens is 607 g/mol. The van der Waals surface area contributed by atoms with Crippen LogP contribution < -0.4 is 14.8 Å². The number of benzene rings is 3. The molecule has 45 heavy (non-hydrogen) atoms. The van der Waals surface area contributed by atoms with Crippen LogP contribution in [0.3, 0.4) is 0 Å². The van der Waals surface area contributed by atoms with E-state index in [-0.39, 0.29) is 16.6 Å². The Hall–Kier alpha value is -5.18. The lowest BCUT2D eigenvalue weighted by molar-refractivity contribution is -0.115. The van der Waals surface area contributed by atoms with Gasteiger partial charge in [-0.2, -0.15) is 5.26 Å². The van der Waals surface area contributed by atoms with Gasteiger partial charge in [0.15, 0.2) is 0 Å². The molecule has 1 unspecified atom stereocenters. The molecule has 0 fully saturated rings. The maximum Gasteiger partial charge on any atom is 0.263 e. The van der Waals surface area contributed by atoms with Crippen LogP contribution in [0.4, 0.5) is 11.5 Å². The van der Waals surface area contributed by atoms with Gasteiger partial charge in [-0.1, -0.05) is 47.7 Å². The second-order valence-corrected chi connectivity index (χ2v) is 13.0. The van der Waals surface area contributed by atoms with Gasteiger partial charge in [-0.3, -0.25) is 9.52 Å². The monoisotopic (exact) mass is 635 g/mol. The third kappa shape index (κ3) is 7.49. The van der Waals surface area contributed by atoms with Crippen molar-refractivity contribution >= 4 is 39.2 Å². The standard InChI is InChI=1S/C34H29N5O4S2/c1-22-7-9-24(10-8-22)29-20-31(25-11-15-27(43-3)16-12-25)38-34(30(29)21-35)44-23(2)33(40)37-26-13-17-28(18-14-26)45(41,42)39-32-6-4-5-19-36-32/h4-20,23H,1-3H3,(H,36,39)(H,37,40). The Labute approximate surface area is 266 Å². The Kier molecular flexibility index (Phi) is 9.47. The van der Waals surface area contributed by atoms with Crippen LogP contribution in [-0.4, -0.2) is 36.7 Å². The highest BCUT2D eigenvalue weighted by molar-refractivity contribution is 8.00. The number of nitrogens with zero attached hydrogens (tertiary/aromatic N) is 3. The van der Waals surface area contributed by atoms with Gasteiger partial charge >= 0.3 is 0 Å². The largest absolute Gasteiger partial charge is 0.497 e. The van der Waals surface area contributed by atoms with Gasteiger partial charge in [0.25, 0.3) is 10.0 Å². The first-order valence-electron chi connectivity index (χ1n) is 13.8. The van der Waals surface area contributed by atoms with Crippen molar-refractivity contribution in [3.8, 4) is 34.2 Å². The van der Waals surface area contributed by atoms with Crippen molar-refractivity contribution < 1.29 is 17.9 Å². The number of aromatic nitrogens is 2. The Bertz CT molecular complexity index is 1960. The molecule has 3 aromatic carbocycles. The van der Waals surface area contributed by atoms with E-state index in [9.17, 15) is 18.5 Å². The number of nitrogens with one attached hydrogen (secondary N) is 2. The van der Waals surface area contributed by atoms with Crippen molar-refractivity contribution in [3.05, 3.63) is 114 Å². The molecule has 0 aliphatic rings. The number of sulfonamides is 1. The molecular formula is C34H29N5O4S2. The van der Waals surface area contributed by atoms with Crippen molar-refractivity contribution in [1.82, 2.24) is 9.97 Å². The minimum Gasteiger partial charge on any atom is -0.497 e. The highest BCUT2D eigenvalue weighted by Gasteiger charge is 2.22. The van der Waals surface area contributed by atoms with E-state index in [1.807, 2.05) is 61.5 Å². The third-order valence-corrected chi connectivity index (χ3v) is 9.30. The van der Waals surface area contributed by atoms with E-state index < -0.39 is 15.3 Å². The summed E-state index contributed by atoms with van der Waals surface area (Å²) in [4.78, 5) is 22.1. The number of pyridine rings is 2. The highest BCUT2D eigenvalue weighted by atomic mass is 32.2. The normalized spacial score (nSPS) is 11.7. The van der Waals surface area contributed by atoms with Gasteiger partial charge < -0.3 is 10.1 Å². The van der Waals surface area contributed by atoms with E-state index in [1.54, 1.807) is 32.2 Å². The van der Waals surface area contributed by atoms with E-state index in [1.165, 1.54) is 42.2 Å². The molecule has 2 aromatic heterocycles. The third-order valence-electron chi connectivity index (χ3n) is 6.84. The molecule has 9 nitrogen and oxygen atoms in total. The Morgan fingerprint density at radius 3 is 2.27 bits per heavy atom. The summed E-state index contributed by atoms with van der Waals surface area (Å²) in [6.07, 6.45) is 1.49. The summed E-state index contributed by atoms with van der Waals surface area (Å²) in [6.45, 7) is 3.72. The smallest absolute Gasteiger partial charge is 0.263 e. The average molecular weight is 636 g/mol. The lowest BCUT2D eigenvalue weighted by Gasteiger charge is -2.16. The van der Waals surface area contributed by atoms with Crippen LogP contribution in [0.15, 0.2) is 113 Å². The molecule has 2 N–H and O–H groups in total. The number of hydrogen-bond donors (Lipinski definition) is 2. The molecule has 1 amide bonds. The minimum atomic E-state index is -3.86. The van der Waals surface area contributed by atoms with E-state index in [2.05, 4.69) is 21.1 Å². The number of anilines is 2. The zero-order valence-electron chi connectivity index (χ0n) is 24.7. The van der Waals surface area contributed by atoms with Crippen LogP contribution >= 0.6 is 11.8 Å². The molecule has 5 aromatic rings. The predicted octanol–water partition coefficient (Wildman–Crippen LogP) is 6.92. The summed E-state index contributed by atoms with van der Waals surface area (Å²) < 4.78 is 33.2. The predicted molar refractivity (Wildman–Crippen MR) is 177 cm³/mol. The molecule has 5 rings (SSSR count). The lowest BCUT2D eigenvalue weighted by atomic mass is 9.98. The fourth-order valence-corrected chi connectivity index (χ4v) is 6.32. The van der Waals surface area contributed by atoms with Crippen molar-refractivity contribution in [1.29, 1.82) is 5.26 Å². The number of carbonyl (C=O) groups excluding carboxylic acids is 1. The van der Waals surface area contributed by atoms with Gasteiger partial charge in [-0.15, -0.1) is 0 Å². The molecule has 0 saturated carbocycles. The van der Waals surface area contributed by atoms with E-state index in [0.717, 1.165) is 16.7 Å². The topological polar surface area (TPSA) is 134 Å². The molecule has 0 aliphatic carbocycles. The average Bonchev–Trinajstić information content (AvgIpc) is 3.05. The molecule has 0 spiro atoms. The van der Waals surface area contributed by atoms with Crippen LogP contribution in [0.2, 0.25) is 0 Å². The second-order valence-electron chi connectivity index (χ2n) is 10.0. The van der Waals surface area contributed by atoms with Crippen molar-refractivity contribution in [2.24, 2.45) is 0 Å². The summed E-state index contributed by atoms with van der Waals surface area (Å²) in [5.41, 5.74) is 4.95. The number of aryl methyl sites for hydroxylation is 1. The number of amides is 1. The number of hydrogen-bond acceptors (Lipinski definition) is 8. The zero-order valence-corrected chi connectivity index (χ0v) is 26.3. The zero-order chi connectivity index (χ0) is 32.0. The molecule has 0 saturated heterocycles. The second kappa shape index (κ2) is 13.6. The van der Waals surface area contributed by atoms with E-state index in [0.29, 0.717) is 33.3 Å². The maximum absolute atomic E-state index is 13.3. The molecule has 1 atom stereocenters. The van der Waals surface area contributed by atoms with Gasteiger partial charge in [-0.25, -0.2) is 18.4 Å². The fourth-order valence-electron chi connectivity index (χ4n) is 4.39. The summed E-state index contributed by atoms with van der Waals surface area (Å²) >= 11 is 1.18. The Balaban J connectivity index is 1.39. The van der Waals surface area contributed by atoms with Gasteiger partial charge in [0.2, 0.25) is 5.91 Å². The molecule has 0 radical (unpaired) electrons. The molecule has 11 heteroatoms. The summed E-state index contributed by atoms with van der Waals surface area (Å²) in [5, 5.41) is 12.8. The molecule has 2 heterocycles. The van der Waals surface area contributed by atoms with Crippen LogP contribution in [-0.2, 0) is 14.8 Å². The fraction of sp³-hybridized carbons (Fsp3) is 0.118. The Morgan fingerprint density at radius 1 is 0.956 bits per heavy atom. The summed E-state index contributed by atoms with van der Waals surface area (Å²) in [7, 11) is -2.26.